The lowest BCUT2D eigenvalue weighted by molar-refractivity contribution is -0.384. The second-order valence-corrected chi connectivity index (χ2v) is 6.50. The molecule has 1 atom stereocenters. The predicted molar refractivity (Wildman–Crippen MR) is 98.8 cm³/mol. The van der Waals surface area contributed by atoms with E-state index in [-0.39, 0.29) is 0 Å². The van der Waals surface area contributed by atoms with Gasteiger partial charge in [-0.3, -0.25) is 0 Å². The van der Waals surface area contributed by atoms with Crippen molar-refractivity contribution in [2.24, 2.45) is 5.73 Å². The third-order valence-corrected chi connectivity index (χ3v) is 4.75. The molecule has 4 heteroatoms. The Kier molecular flexibility index (Phi) is 9.52. The average Bonchev–Trinajstić information content (AvgIpc) is 2.61. The monoisotopic (exact) mass is 337 g/mol. The molecular weight excluding hydrogens is 302 g/mol. The van der Waals surface area contributed by atoms with E-state index in [0.29, 0.717) is 6.42 Å². The Morgan fingerprint density at radius 3 is 1.92 bits per heavy atom. The first-order valence-electron chi connectivity index (χ1n) is 9.05. The standard InChI is InChI=1S/C20H35NO3/c1-5-6-7-8-9-13-16-19(21,20(22-2,23-3)24-4)17-18-14-11-10-12-15-18/h10-12,14-15H,5-9,13,16-17,21H2,1-4H3. The summed E-state index contributed by atoms with van der Waals surface area (Å²) in [5.74, 6) is -1.24. The lowest BCUT2D eigenvalue weighted by atomic mass is 9.83. The highest BCUT2D eigenvalue weighted by Crippen LogP contribution is 2.33. The Balaban J connectivity index is 2.82. The summed E-state index contributed by atoms with van der Waals surface area (Å²) in [6, 6.07) is 10.2. The van der Waals surface area contributed by atoms with E-state index in [9.17, 15) is 0 Å². The van der Waals surface area contributed by atoms with Gasteiger partial charge < -0.3 is 19.9 Å². The first-order chi connectivity index (χ1) is 11.6. The van der Waals surface area contributed by atoms with E-state index >= 15 is 0 Å². The van der Waals surface area contributed by atoms with E-state index < -0.39 is 11.5 Å². The summed E-state index contributed by atoms with van der Waals surface area (Å²) in [5.41, 5.74) is 7.21. The van der Waals surface area contributed by atoms with Crippen LogP contribution in [0.5, 0.6) is 0 Å². The van der Waals surface area contributed by atoms with Gasteiger partial charge in [-0.2, -0.15) is 0 Å². The summed E-state index contributed by atoms with van der Waals surface area (Å²) in [4.78, 5) is 0. The van der Waals surface area contributed by atoms with E-state index in [0.717, 1.165) is 18.4 Å². The maximum atomic E-state index is 6.81. The molecular formula is C20H35NO3. The van der Waals surface area contributed by atoms with Crippen molar-refractivity contribution in [2.45, 2.75) is 69.8 Å². The number of hydrogen-bond donors (Lipinski definition) is 1. The van der Waals surface area contributed by atoms with Crippen molar-refractivity contribution in [1.29, 1.82) is 0 Å². The van der Waals surface area contributed by atoms with Gasteiger partial charge in [-0.25, -0.2) is 0 Å². The smallest absolute Gasteiger partial charge is 0.301 e. The van der Waals surface area contributed by atoms with Gasteiger partial charge in [-0.05, 0) is 18.4 Å². The molecule has 138 valence electrons. The Labute approximate surface area is 147 Å². The molecule has 0 heterocycles. The molecule has 0 aliphatic carbocycles. The van der Waals surface area contributed by atoms with Gasteiger partial charge in [0.25, 0.3) is 0 Å². The molecule has 0 fully saturated rings. The molecule has 1 unspecified atom stereocenters. The fourth-order valence-electron chi connectivity index (χ4n) is 3.39. The Bertz CT molecular complexity index is 426. The molecule has 1 rings (SSSR count). The minimum Gasteiger partial charge on any atom is -0.329 e. The Morgan fingerprint density at radius 2 is 1.38 bits per heavy atom. The number of benzene rings is 1. The van der Waals surface area contributed by atoms with Crippen LogP contribution in [0.3, 0.4) is 0 Å². The average molecular weight is 338 g/mol. The van der Waals surface area contributed by atoms with E-state index in [2.05, 4.69) is 19.1 Å². The minimum absolute atomic E-state index is 0.637. The molecule has 0 bridgehead atoms. The predicted octanol–water partition coefficient (Wildman–Crippen LogP) is 4.27. The number of methoxy groups -OCH3 is 3. The van der Waals surface area contributed by atoms with Gasteiger partial charge in [0.1, 0.15) is 5.54 Å². The summed E-state index contributed by atoms with van der Waals surface area (Å²) in [7, 11) is 4.75. The third kappa shape index (κ3) is 5.55. The molecule has 0 aliphatic heterocycles. The lowest BCUT2D eigenvalue weighted by Crippen LogP contribution is -2.65. The molecule has 0 spiro atoms. The summed E-state index contributed by atoms with van der Waals surface area (Å²) in [6.45, 7) is 2.23. The number of hydrogen-bond acceptors (Lipinski definition) is 4. The van der Waals surface area contributed by atoms with Gasteiger partial charge in [0.15, 0.2) is 0 Å². The zero-order valence-electron chi connectivity index (χ0n) is 15.8. The van der Waals surface area contributed by atoms with Crippen molar-refractivity contribution in [3.8, 4) is 0 Å². The van der Waals surface area contributed by atoms with Gasteiger partial charge in [-0.15, -0.1) is 0 Å². The zero-order valence-corrected chi connectivity index (χ0v) is 15.8. The van der Waals surface area contributed by atoms with Crippen LogP contribution in [-0.4, -0.2) is 32.8 Å². The molecule has 0 saturated heterocycles. The van der Waals surface area contributed by atoms with Crippen LogP contribution in [0.1, 0.15) is 57.4 Å². The van der Waals surface area contributed by atoms with Gasteiger partial charge >= 0.3 is 5.97 Å². The van der Waals surface area contributed by atoms with Crippen LogP contribution in [0, 0.1) is 0 Å². The fourth-order valence-corrected chi connectivity index (χ4v) is 3.39. The minimum atomic E-state index is -1.24. The molecule has 0 aliphatic rings. The highest BCUT2D eigenvalue weighted by molar-refractivity contribution is 5.19. The number of ether oxygens (including phenoxy) is 3. The number of nitrogens with two attached hydrogens (primary N) is 1. The zero-order chi connectivity index (χ0) is 17.9. The molecule has 1 aromatic carbocycles. The van der Waals surface area contributed by atoms with Crippen LogP contribution in [0.4, 0.5) is 0 Å². The summed E-state index contributed by atoms with van der Waals surface area (Å²) < 4.78 is 16.8. The van der Waals surface area contributed by atoms with E-state index in [1.807, 2.05) is 18.2 Å². The van der Waals surface area contributed by atoms with E-state index in [4.69, 9.17) is 19.9 Å². The summed E-state index contributed by atoms with van der Waals surface area (Å²) >= 11 is 0. The van der Waals surface area contributed by atoms with E-state index in [1.54, 1.807) is 21.3 Å². The molecule has 4 nitrogen and oxygen atoms in total. The fraction of sp³-hybridized carbons (Fsp3) is 0.700. The van der Waals surface area contributed by atoms with Gasteiger partial charge in [0, 0.05) is 21.3 Å². The first kappa shape index (κ1) is 21.1. The molecule has 0 radical (unpaired) electrons. The maximum Gasteiger partial charge on any atom is 0.301 e. The van der Waals surface area contributed by atoms with Gasteiger partial charge in [0.05, 0.1) is 0 Å². The van der Waals surface area contributed by atoms with Crippen molar-refractivity contribution < 1.29 is 14.2 Å². The quantitative estimate of drug-likeness (QED) is 0.431. The van der Waals surface area contributed by atoms with Crippen molar-refractivity contribution in [3.63, 3.8) is 0 Å². The molecule has 1 aromatic rings. The maximum absolute atomic E-state index is 6.81. The topological polar surface area (TPSA) is 53.7 Å². The molecule has 24 heavy (non-hydrogen) atoms. The Hall–Kier alpha value is -0.940. The van der Waals surface area contributed by atoms with E-state index in [1.165, 1.54) is 32.1 Å². The van der Waals surface area contributed by atoms with Gasteiger partial charge in [0.2, 0.25) is 0 Å². The third-order valence-electron chi connectivity index (χ3n) is 4.75. The van der Waals surface area contributed by atoms with Crippen LogP contribution in [0.15, 0.2) is 30.3 Å². The van der Waals surface area contributed by atoms with Crippen LogP contribution < -0.4 is 5.73 Å². The Morgan fingerprint density at radius 1 is 0.833 bits per heavy atom. The SMILES string of the molecule is CCCCCCCCC(N)(Cc1ccccc1)C(OC)(OC)OC. The van der Waals surface area contributed by atoms with Crippen LogP contribution in [-0.2, 0) is 20.6 Å². The largest absolute Gasteiger partial charge is 0.329 e. The highest BCUT2D eigenvalue weighted by Gasteiger charge is 2.51. The van der Waals surface area contributed by atoms with Crippen LogP contribution in [0.25, 0.3) is 0 Å². The van der Waals surface area contributed by atoms with Crippen molar-refractivity contribution >= 4 is 0 Å². The molecule has 0 saturated carbocycles. The molecule has 0 aromatic heterocycles. The van der Waals surface area contributed by atoms with Crippen LogP contribution in [0.2, 0.25) is 0 Å². The number of unbranched alkanes of at least 4 members (excludes halogenated alkanes) is 5. The van der Waals surface area contributed by atoms with Gasteiger partial charge in [-0.1, -0.05) is 75.8 Å². The first-order valence-corrected chi connectivity index (χ1v) is 9.05. The summed E-state index contributed by atoms with van der Waals surface area (Å²) in [5, 5.41) is 0. The summed E-state index contributed by atoms with van der Waals surface area (Å²) in [6.07, 6.45) is 8.71. The second kappa shape index (κ2) is 10.8. The second-order valence-electron chi connectivity index (χ2n) is 6.50. The van der Waals surface area contributed by atoms with Crippen LogP contribution >= 0.6 is 0 Å². The van der Waals surface area contributed by atoms with Crippen molar-refractivity contribution in [1.82, 2.24) is 0 Å². The molecule has 2 N–H and O–H groups in total. The normalized spacial score (nSPS) is 14.5. The van der Waals surface area contributed by atoms with Crippen molar-refractivity contribution in [3.05, 3.63) is 35.9 Å². The number of rotatable bonds is 13. The lowest BCUT2D eigenvalue weighted by Gasteiger charge is -2.44. The van der Waals surface area contributed by atoms with Crippen molar-refractivity contribution in [2.75, 3.05) is 21.3 Å². The molecule has 0 amide bonds. The highest BCUT2D eigenvalue weighted by atomic mass is 16.9.